The number of nitrogens with one attached hydrogen (secondary N) is 3. The van der Waals surface area contributed by atoms with Gasteiger partial charge < -0.3 is 15.5 Å². The highest BCUT2D eigenvalue weighted by Gasteiger charge is 2.48. The maximum atomic E-state index is 13.8. The first-order valence-corrected chi connectivity index (χ1v) is 17.0. The summed E-state index contributed by atoms with van der Waals surface area (Å²) < 4.78 is 1.74. The number of urea groups is 1. The molecular formula is C36H39N11O3. The summed E-state index contributed by atoms with van der Waals surface area (Å²) in [5, 5.41) is 23.1. The molecule has 7 rings (SSSR count). The Morgan fingerprint density at radius 3 is 2.44 bits per heavy atom. The second-order valence-corrected chi connectivity index (χ2v) is 13.3. The van der Waals surface area contributed by atoms with Crippen molar-refractivity contribution in [3.05, 3.63) is 78.4 Å². The molecule has 3 aromatic heterocycles. The standard InChI is InChI=1S/C36H39N11O3/c1-45-23-27(22-41-45)25-7-12-30(38-20-25)47(35(50)40-19-24-5-3-2-4-6-24)29-10-8-28(9-11-29)42-34-39-21-26(18-37)32(44-34)46-15-13-36(14-16-46)17-31(48)43-33(36)49/h2-7,12,20-23,28-29H,8-11,13-17,19H2,1H3,(H,40,50)(H,39,42,44)(H,43,48,49). The van der Waals surface area contributed by atoms with Crippen molar-refractivity contribution in [2.45, 2.75) is 63.6 Å². The molecule has 0 radical (unpaired) electrons. The fraction of sp³-hybridized carbons (Fsp3) is 0.389. The highest BCUT2D eigenvalue weighted by atomic mass is 16.2. The number of hydrogen-bond donors (Lipinski definition) is 3. The number of carbonyl (C=O) groups is 3. The van der Waals surface area contributed by atoms with E-state index in [1.807, 2.05) is 60.6 Å². The molecule has 1 aromatic carbocycles. The van der Waals surface area contributed by atoms with Crippen molar-refractivity contribution < 1.29 is 14.4 Å². The van der Waals surface area contributed by atoms with Crippen molar-refractivity contribution in [3.63, 3.8) is 0 Å². The van der Waals surface area contributed by atoms with Crippen molar-refractivity contribution in [1.29, 1.82) is 5.26 Å². The van der Waals surface area contributed by atoms with Gasteiger partial charge in [-0.2, -0.15) is 15.3 Å². The quantitative estimate of drug-likeness (QED) is 0.233. The van der Waals surface area contributed by atoms with Gasteiger partial charge in [-0.25, -0.2) is 14.8 Å². The number of aryl methyl sites for hydroxylation is 1. The molecule has 3 aliphatic rings. The van der Waals surface area contributed by atoms with Crippen LogP contribution < -0.4 is 25.8 Å². The van der Waals surface area contributed by atoms with Crippen molar-refractivity contribution in [3.8, 4) is 17.2 Å². The Labute approximate surface area is 289 Å². The number of pyridine rings is 1. The Balaban J connectivity index is 1.02. The number of nitriles is 1. The van der Waals surface area contributed by atoms with Gasteiger partial charge in [0, 0.05) is 68.7 Å². The molecule has 4 aromatic rings. The summed E-state index contributed by atoms with van der Waals surface area (Å²) >= 11 is 0. The Bertz CT molecular complexity index is 1910. The first kappa shape index (κ1) is 32.7. The molecule has 1 aliphatic carbocycles. The molecule has 256 valence electrons. The van der Waals surface area contributed by atoms with Gasteiger partial charge in [0.05, 0.1) is 17.8 Å². The molecule has 3 fully saturated rings. The summed E-state index contributed by atoms with van der Waals surface area (Å²) in [4.78, 5) is 55.8. The molecule has 50 heavy (non-hydrogen) atoms. The topological polar surface area (TPSA) is 174 Å². The first-order valence-electron chi connectivity index (χ1n) is 17.0. The van der Waals surface area contributed by atoms with Gasteiger partial charge in [0.1, 0.15) is 17.5 Å². The third-order valence-electron chi connectivity index (χ3n) is 10.1. The number of piperidine rings is 1. The monoisotopic (exact) mass is 673 g/mol. The molecule has 5 heterocycles. The van der Waals surface area contributed by atoms with Crippen LogP contribution in [0.2, 0.25) is 0 Å². The van der Waals surface area contributed by atoms with Crippen LogP contribution in [-0.4, -0.2) is 67.8 Å². The summed E-state index contributed by atoms with van der Waals surface area (Å²) in [7, 11) is 1.87. The number of carbonyl (C=O) groups excluding carboxylic acids is 3. The average Bonchev–Trinajstić information content (AvgIpc) is 3.70. The van der Waals surface area contributed by atoms with Gasteiger partial charge in [-0.1, -0.05) is 30.3 Å². The van der Waals surface area contributed by atoms with Gasteiger partial charge >= 0.3 is 6.03 Å². The molecular weight excluding hydrogens is 634 g/mol. The number of aromatic nitrogens is 5. The summed E-state index contributed by atoms with van der Waals surface area (Å²) in [6.45, 7) is 1.43. The number of imide groups is 1. The van der Waals surface area contributed by atoms with E-state index in [9.17, 15) is 19.6 Å². The molecule has 0 bridgehead atoms. The lowest BCUT2D eigenvalue weighted by molar-refractivity contribution is -0.129. The molecule has 1 saturated carbocycles. The number of benzene rings is 1. The molecule has 0 atom stereocenters. The lowest BCUT2D eigenvalue weighted by atomic mass is 9.77. The van der Waals surface area contributed by atoms with E-state index in [0.29, 0.717) is 55.6 Å². The van der Waals surface area contributed by atoms with E-state index in [4.69, 9.17) is 9.97 Å². The third-order valence-corrected chi connectivity index (χ3v) is 10.1. The van der Waals surface area contributed by atoms with E-state index < -0.39 is 5.41 Å². The van der Waals surface area contributed by atoms with E-state index in [0.717, 1.165) is 42.4 Å². The van der Waals surface area contributed by atoms with Gasteiger partial charge in [-0.15, -0.1) is 0 Å². The number of anilines is 3. The van der Waals surface area contributed by atoms with Crippen LogP contribution in [0.1, 0.15) is 56.1 Å². The van der Waals surface area contributed by atoms with E-state index >= 15 is 0 Å². The molecule has 14 nitrogen and oxygen atoms in total. The summed E-state index contributed by atoms with van der Waals surface area (Å²) in [6, 6.07) is 15.7. The van der Waals surface area contributed by atoms with Gasteiger partial charge in [-0.3, -0.25) is 24.5 Å². The minimum Gasteiger partial charge on any atom is -0.355 e. The third kappa shape index (κ3) is 6.84. The van der Waals surface area contributed by atoms with Crippen LogP contribution in [0.3, 0.4) is 0 Å². The molecule has 4 amide bonds. The van der Waals surface area contributed by atoms with Gasteiger partial charge in [0.2, 0.25) is 17.8 Å². The predicted octanol–water partition coefficient (Wildman–Crippen LogP) is 3.92. The van der Waals surface area contributed by atoms with Crippen LogP contribution >= 0.6 is 0 Å². The molecule has 2 saturated heterocycles. The molecule has 3 N–H and O–H groups in total. The number of amides is 4. The smallest absolute Gasteiger partial charge is 0.323 e. The SMILES string of the molecule is Cn1cc(-c2ccc(N(C(=O)NCc3ccccc3)C3CCC(Nc4ncc(C#N)c(N5CCC6(CC5)CC(=O)NC6=O)n4)CC3)nc2)cn1. The Kier molecular flexibility index (Phi) is 9.12. The first-order chi connectivity index (χ1) is 24.3. The predicted molar refractivity (Wildman–Crippen MR) is 186 cm³/mol. The zero-order chi connectivity index (χ0) is 34.7. The average molecular weight is 674 g/mol. The van der Waals surface area contributed by atoms with Gasteiger partial charge in [0.15, 0.2) is 5.82 Å². The highest BCUT2D eigenvalue weighted by Crippen LogP contribution is 2.40. The largest absolute Gasteiger partial charge is 0.355 e. The fourth-order valence-electron chi connectivity index (χ4n) is 7.25. The Morgan fingerprint density at radius 2 is 1.80 bits per heavy atom. The van der Waals surface area contributed by atoms with Gasteiger partial charge in [0.25, 0.3) is 0 Å². The number of nitrogens with zero attached hydrogens (tertiary/aromatic N) is 8. The normalized spacial score (nSPS) is 19.9. The van der Waals surface area contributed by atoms with Crippen molar-refractivity contribution >= 4 is 35.4 Å². The van der Waals surface area contributed by atoms with Crippen LogP contribution in [0.5, 0.6) is 0 Å². The number of rotatable bonds is 8. The minimum absolute atomic E-state index is 0.0694. The maximum Gasteiger partial charge on any atom is 0.323 e. The van der Waals surface area contributed by atoms with E-state index in [2.05, 4.69) is 32.1 Å². The van der Waals surface area contributed by atoms with Crippen molar-refractivity contribution in [2.24, 2.45) is 12.5 Å². The Hall–Kier alpha value is -5.84. The van der Waals surface area contributed by atoms with Crippen molar-refractivity contribution in [2.75, 3.05) is 28.2 Å². The van der Waals surface area contributed by atoms with E-state index in [1.165, 1.54) is 6.20 Å². The fourth-order valence-corrected chi connectivity index (χ4v) is 7.25. The highest BCUT2D eigenvalue weighted by molar-refractivity contribution is 6.06. The zero-order valence-electron chi connectivity index (χ0n) is 27.9. The molecule has 1 spiro atoms. The second kappa shape index (κ2) is 13.9. The lowest BCUT2D eigenvalue weighted by Crippen LogP contribution is -2.49. The van der Waals surface area contributed by atoms with Crippen LogP contribution in [0.4, 0.5) is 22.4 Å². The molecule has 0 unspecified atom stereocenters. The molecule has 2 aliphatic heterocycles. The Morgan fingerprint density at radius 1 is 1.02 bits per heavy atom. The number of hydrogen-bond acceptors (Lipinski definition) is 10. The minimum atomic E-state index is -0.670. The summed E-state index contributed by atoms with van der Waals surface area (Å²) in [5.74, 6) is 1.12. The summed E-state index contributed by atoms with van der Waals surface area (Å²) in [6.07, 6.45) is 11.3. The van der Waals surface area contributed by atoms with Crippen LogP contribution in [0.25, 0.3) is 11.1 Å². The van der Waals surface area contributed by atoms with Crippen LogP contribution in [0, 0.1) is 16.7 Å². The zero-order valence-corrected chi connectivity index (χ0v) is 27.9. The second-order valence-electron chi connectivity index (χ2n) is 13.3. The van der Waals surface area contributed by atoms with Crippen LogP contribution in [-0.2, 0) is 23.2 Å². The van der Waals surface area contributed by atoms with Crippen molar-refractivity contribution in [1.82, 2.24) is 35.4 Å². The molecule has 14 heteroatoms. The van der Waals surface area contributed by atoms with Crippen LogP contribution in [0.15, 0.2) is 67.3 Å². The maximum absolute atomic E-state index is 13.8. The lowest BCUT2D eigenvalue weighted by Gasteiger charge is -2.38. The van der Waals surface area contributed by atoms with Gasteiger partial charge in [-0.05, 0) is 56.2 Å². The summed E-state index contributed by atoms with van der Waals surface area (Å²) in [5.41, 5.74) is 2.58. The van der Waals surface area contributed by atoms with E-state index in [1.54, 1.807) is 22.0 Å². The van der Waals surface area contributed by atoms with E-state index in [-0.39, 0.29) is 36.3 Å².